The van der Waals surface area contributed by atoms with Gasteiger partial charge in [0, 0.05) is 13.0 Å². The number of amides is 1. The molecule has 0 aromatic carbocycles. The number of hydrogen-bond donors (Lipinski definition) is 2. The number of hydrogen-bond acceptors (Lipinski definition) is 3. The third-order valence-electron chi connectivity index (χ3n) is 2.90. The molecule has 0 aliphatic rings. The quantitative estimate of drug-likeness (QED) is 0.648. The van der Waals surface area contributed by atoms with Crippen molar-refractivity contribution < 1.29 is 9.53 Å². The zero-order valence-corrected chi connectivity index (χ0v) is 11.9. The zero-order valence-electron chi connectivity index (χ0n) is 11.9. The van der Waals surface area contributed by atoms with Crippen LogP contribution in [0.3, 0.4) is 0 Å². The van der Waals surface area contributed by atoms with Crippen LogP contribution in [0.2, 0.25) is 0 Å². The van der Waals surface area contributed by atoms with Gasteiger partial charge in [0.05, 0.1) is 11.6 Å². The van der Waals surface area contributed by atoms with Crippen LogP contribution >= 0.6 is 0 Å². The zero-order chi connectivity index (χ0) is 13.5. The van der Waals surface area contributed by atoms with Gasteiger partial charge in [-0.2, -0.15) is 0 Å². The van der Waals surface area contributed by atoms with Gasteiger partial charge in [0.2, 0.25) is 5.91 Å². The van der Waals surface area contributed by atoms with Crippen LogP contribution in [0, 0.1) is 5.92 Å². The van der Waals surface area contributed by atoms with Gasteiger partial charge in [-0.25, -0.2) is 0 Å². The lowest BCUT2D eigenvalue weighted by Crippen LogP contribution is -2.54. The molecule has 0 bridgehead atoms. The van der Waals surface area contributed by atoms with Crippen LogP contribution in [0.15, 0.2) is 0 Å². The van der Waals surface area contributed by atoms with Crippen LogP contribution in [-0.2, 0) is 9.53 Å². The largest absolute Gasteiger partial charge is 0.378 e. The van der Waals surface area contributed by atoms with Crippen molar-refractivity contribution in [2.45, 2.75) is 59.1 Å². The molecule has 2 unspecified atom stereocenters. The van der Waals surface area contributed by atoms with E-state index in [2.05, 4.69) is 19.2 Å². The molecule has 17 heavy (non-hydrogen) atoms. The summed E-state index contributed by atoms with van der Waals surface area (Å²) in [6, 6.07) is 0. The number of carbonyl (C=O) groups excluding carboxylic acids is 1. The van der Waals surface area contributed by atoms with Gasteiger partial charge >= 0.3 is 0 Å². The van der Waals surface area contributed by atoms with Gasteiger partial charge < -0.3 is 15.8 Å². The number of primary amides is 1. The van der Waals surface area contributed by atoms with E-state index in [4.69, 9.17) is 10.5 Å². The molecule has 1 amide bonds. The molecule has 0 aromatic rings. The molecule has 0 fully saturated rings. The minimum atomic E-state index is -0.675. The predicted molar refractivity (Wildman–Crippen MR) is 70.8 cm³/mol. The highest BCUT2D eigenvalue weighted by Crippen LogP contribution is 2.15. The Morgan fingerprint density at radius 1 is 1.41 bits per heavy atom. The second-order valence-corrected chi connectivity index (χ2v) is 5.29. The normalized spacial score (nSPS) is 16.8. The van der Waals surface area contributed by atoms with Crippen LogP contribution in [0.4, 0.5) is 0 Å². The van der Waals surface area contributed by atoms with Gasteiger partial charge in [0.15, 0.2) is 0 Å². The van der Waals surface area contributed by atoms with Crippen LogP contribution in [0.25, 0.3) is 0 Å². The van der Waals surface area contributed by atoms with Gasteiger partial charge in [-0.15, -0.1) is 0 Å². The Balaban J connectivity index is 4.13. The van der Waals surface area contributed by atoms with E-state index in [9.17, 15) is 4.79 Å². The van der Waals surface area contributed by atoms with E-state index in [0.29, 0.717) is 12.3 Å². The van der Waals surface area contributed by atoms with E-state index >= 15 is 0 Å². The Morgan fingerprint density at radius 3 is 2.41 bits per heavy atom. The monoisotopic (exact) mass is 244 g/mol. The highest BCUT2D eigenvalue weighted by molar-refractivity contribution is 5.84. The van der Waals surface area contributed by atoms with Crippen molar-refractivity contribution >= 4 is 5.91 Å². The summed E-state index contributed by atoms with van der Waals surface area (Å²) in [6.45, 7) is 11.6. The highest BCUT2D eigenvalue weighted by Gasteiger charge is 2.31. The number of nitrogens with two attached hydrogens (primary N) is 1. The standard InChI is InChI=1S/C13H28N2O2/c1-6-15-13(5,12(14)16)9-11(4)17-8-7-10(2)3/h10-11,15H,6-9H2,1-5H3,(H2,14,16). The first-order valence-corrected chi connectivity index (χ1v) is 6.48. The van der Waals surface area contributed by atoms with E-state index in [-0.39, 0.29) is 12.0 Å². The molecule has 0 spiro atoms. The predicted octanol–water partition coefficient (Wildman–Crippen LogP) is 1.68. The van der Waals surface area contributed by atoms with E-state index in [1.165, 1.54) is 0 Å². The van der Waals surface area contributed by atoms with E-state index < -0.39 is 5.54 Å². The fraction of sp³-hybridized carbons (Fsp3) is 0.923. The molecule has 0 aromatic heterocycles. The summed E-state index contributed by atoms with van der Waals surface area (Å²) >= 11 is 0. The molecule has 0 heterocycles. The van der Waals surface area contributed by atoms with Gasteiger partial charge in [0.25, 0.3) is 0 Å². The molecule has 0 radical (unpaired) electrons. The molecule has 2 atom stereocenters. The van der Waals surface area contributed by atoms with Crippen LogP contribution in [0.5, 0.6) is 0 Å². The minimum absolute atomic E-state index is 0.0327. The summed E-state index contributed by atoms with van der Waals surface area (Å²) in [7, 11) is 0. The molecule has 102 valence electrons. The fourth-order valence-electron chi connectivity index (χ4n) is 1.79. The average Bonchev–Trinajstić information content (AvgIpc) is 2.16. The number of ether oxygens (including phenoxy) is 1. The van der Waals surface area contributed by atoms with E-state index in [0.717, 1.165) is 19.6 Å². The Kier molecular flexibility index (Phi) is 7.39. The topological polar surface area (TPSA) is 64.3 Å². The van der Waals surface area contributed by atoms with E-state index in [1.54, 1.807) is 0 Å². The second-order valence-electron chi connectivity index (χ2n) is 5.29. The van der Waals surface area contributed by atoms with Gasteiger partial charge in [-0.1, -0.05) is 20.8 Å². The molecule has 4 nitrogen and oxygen atoms in total. The Morgan fingerprint density at radius 2 is 2.00 bits per heavy atom. The van der Waals surface area contributed by atoms with Gasteiger partial charge in [0.1, 0.15) is 0 Å². The SMILES string of the molecule is CCNC(C)(CC(C)OCCC(C)C)C(N)=O. The number of nitrogens with one attached hydrogen (secondary N) is 1. The van der Waals surface area contributed by atoms with Crippen molar-refractivity contribution in [3.05, 3.63) is 0 Å². The van der Waals surface area contributed by atoms with E-state index in [1.807, 2.05) is 20.8 Å². The Hall–Kier alpha value is -0.610. The smallest absolute Gasteiger partial charge is 0.237 e. The molecule has 3 N–H and O–H groups in total. The summed E-state index contributed by atoms with van der Waals surface area (Å²) < 4.78 is 5.70. The molecule has 0 aliphatic heterocycles. The summed E-state index contributed by atoms with van der Waals surface area (Å²) in [4.78, 5) is 11.4. The first kappa shape index (κ1) is 16.4. The summed E-state index contributed by atoms with van der Waals surface area (Å²) in [5, 5.41) is 3.13. The van der Waals surface area contributed by atoms with Crippen LogP contribution in [0.1, 0.15) is 47.5 Å². The molecular weight excluding hydrogens is 216 g/mol. The third-order valence-corrected chi connectivity index (χ3v) is 2.90. The van der Waals surface area contributed by atoms with Gasteiger partial charge in [-0.3, -0.25) is 4.79 Å². The molecule has 4 heteroatoms. The Bertz CT molecular complexity index is 231. The van der Waals surface area contributed by atoms with Crippen molar-refractivity contribution in [1.82, 2.24) is 5.32 Å². The number of likely N-dealkylation sites (N-methyl/N-ethyl adjacent to an activating group) is 1. The summed E-state index contributed by atoms with van der Waals surface area (Å²) in [5.41, 5.74) is 4.75. The van der Waals surface area contributed by atoms with Crippen molar-refractivity contribution in [1.29, 1.82) is 0 Å². The van der Waals surface area contributed by atoms with Crippen molar-refractivity contribution in [3.63, 3.8) is 0 Å². The fourth-order valence-corrected chi connectivity index (χ4v) is 1.79. The molecule has 0 saturated carbocycles. The summed E-state index contributed by atoms with van der Waals surface area (Å²) in [5.74, 6) is 0.317. The van der Waals surface area contributed by atoms with Crippen molar-refractivity contribution in [3.8, 4) is 0 Å². The molecular formula is C13H28N2O2. The number of rotatable bonds is 9. The lowest BCUT2D eigenvalue weighted by molar-refractivity contribution is -0.125. The third kappa shape index (κ3) is 6.64. The van der Waals surface area contributed by atoms with Crippen molar-refractivity contribution in [2.24, 2.45) is 11.7 Å². The molecule has 0 rings (SSSR count). The lowest BCUT2D eigenvalue weighted by Gasteiger charge is -2.30. The maximum atomic E-state index is 11.4. The van der Waals surface area contributed by atoms with Crippen LogP contribution < -0.4 is 11.1 Å². The Labute approximate surface area is 105 Å². The molecule has 0 aliphatic carbocycles. The maximum absolute atomic E-state index is 11.4. The van der Waals surface area contributed by atoms with Crippen LogP contribution in [-0.4, -0.2) is 30.7 Å². The van der Waals surface area contributed by atoms with Gasteiger partial charge in [-0.05, 0) is 32.7 Å². The minimum Gasteiger partial charge on any atom is -0.378 e. The summed E-state index contributed by atoms with van der Waals surface area (Å²) in [6.07, 6.45) is 1.68. The first-order valence-electron chi connectivity index (χ1n) is 6.48. The maximum Gasteiger partial charge on any atom is 0.237 e. The lowest BCUT2D eigenvalue weighted by atomic mass is 9.94. The van der Waals surface area contributed by atoms with Crippen molar-refractivity contribution in [2.75, 3.05) is 13.2 Å². The number of carbonyl (C=O) groups is 1. The second kappa shape index (κ2) is 7.67. The average molecular weight is 244 g/mol. The first-order chi connectivity index (χ1) is 7.81. The highest BCUT2D eigenvalue weighted by atomic mass is 16.5. The molecule has 0 saturated heterocycles.